The molecule has 0 bridgehead atoms. The highest BCUT2D eigenvalue weighted by Gasteiger charge is 2.25. The molecule has 2 aromatic rings. The third kappa shape index (κ3) is 5.80. The Balaban J connectivity index is 1.63. The molecule has 29 heavy (non-hydrogen) atoms. The van der Waals surface area contributed by atoms with Crippen LogP contribution in [-0.2, 0) is 11.3 Å². The largest absolute Gasteiger partial charge is 0.357 e. The van der Waals surface area contributed by atoms with Crippen LogP contribution in [0.25, 0.3) is 0 Å². The van der Waals surface area contributed by atoms with Crippen molar-refractivity contribution in [1.29, 1.82) is 0 Å². The lowest BCUT2D eigenvalue weighted by Gasteiger charge is -2.29. The Morgan fingerprint density at radius 1 is 1.03 bits per heavy atom. The first-order valence-corrected chi connectivity index (χ1v) is 11.0. The third-order valence-electron chi connectivity index (χ3n) is 5.75. The van der Waals surface area contributed by atoms with Crippen molar-refractivity contribution < 1.29 is 4.79 Å². The van der Waals surface area contributed by atoms with E-state index in [1.165, 1.54) is 25.7 Å². The second kappa shape index (κ2) is 11.0. The minimum absolute atomic E-state index is 0.0384. The van der Waals surface area contributed by atoms with Gasteiger partial charge in [0, 0.05) is 25.8 Å². The molecular formula is C24H34N4O. The van der Waals surface area contributed by atoms with E-state index in [-0.39, 0.29) is 11.9 Å². The summed E-state index contributed by atoms with van der Waals surface area (Å²) in [6, 6.07) is 13.9. The van der Waals surface area contributed by atoms with Crippen LogP contribution >= 0.6 is 0 Å². The molecule has 1 aromatic heterocycles. The first-order valence-electron chi connectivity index (χ1n) is 11.0. The van der Waals surface area contributed by atoms with Crippen molar-refractivity contribution in [2.24, 2.45) is 0 Å². The Morgan fingerprint density at radius 3 is 2.31 bits per heavy atom. The number of benzene rings is 1. The molecule has 0 saturated carbocycles. The summed E-state index contributed by atoms with van der Waals surface area (Å²) in [4.78, 5) is 22.3. The van der Waals surface area contributed by atoms with Gasteiger partial charge in [0.1, 0.15) is 11.9 Å². The molecule has 5 heteroatoms. The third-order valence-corrected chi connectivity index (χ3v) is 5.75. The summed E-state index contributed by atoms with van der Waals surface area (Å²) in [6.07, 6.45) is 7.01. The lowest BCUT2D eigenvalue weighted by atomic mass is 10.0. The van der Waals surface area contributed by atoms with E-state index in [4.69, 9.17) is 0 Å². The minimum Gasteiger partial charge on any atom is -0.357 e. The molecule has 1 unspecified atom stereocenters. The first kappa shape index (κ1) is 21.3. The van der Waals surface area contributed by atoms with Gasteiger partial charge in [-0.15, -0.1) is 0 Å². The van der Waals surface area contributed by atoms with Gasteiger partial charge >= 0.3 is 0 Å². The van der Waals surface area contributed by atoms with Crippen molar-refractivity contribution in [2.75, 3.05) is 31.1 Å². The van der Waals surface area contributed by atoms with E-state index in [1.807, 2.05) is 36.5 Å². The normalized spacial score (nSPS) is 15.8. The van der Waals surface area contributed by atoms with E-state index < -0.39 is 0 Å². The summed E-state index contributed by atoms with van der Waals surface area (Å²) >= 11 is 0. The average molecular weight is 395 g/mol. The molecule has 0 spiro atoms. The van der Waals surface area contributed by atoms with E-state index >= 15 is 0 Å². The molecular weight excluding hydrogens is 360 g/mol. The fraction of sp³-hybridized carbons (Fsp3) is 0.500. The number of hydrogen-bond acceptors (Lipinski definition) is 4. The van der Waals surface area contributed by atoms with Crippen molar-refractivity contribution in [3.63, 3.8) is 0 Å². The van der Waals surface area contributed by atoms with Gasteiger partial charge < -0.3 is 10.2 Å². The van der Waals surface area contributed by atoms with E-state index in [0.29, 0.717) is 6.54 Å². The summed E-state index contributed by atoms with van der Waals surface area (Å²) in [5, 5.41) is 3.12. The number of carbonyl (C=O) groups excluding carboxylic acids is 1. The van der Waals surface area contributed by atoms with Crippen molar-refractivity contribution in [3.8, 4) is 0 Å². The summed E-state index contributed by atoms with van der Waals surface area (Å²) in [6.45, 7) is 8.52. The highest BCUT2D eigenvalue weighted by molar-refractivity contribution is 5.83. The molecule has 1 aromatic carbocycles. The second-order valence-corrected chi connectivity index (χ2v) is 7.68. The predicted octanol–water partition coefficient (Wildman–Crippen LogP) is 4.16. The van der Waals surface area contributed by atoms with Crippen LogP contribution in [0.5, 0.6) is 0 Å². The van der Waals surface area contributed by atoms with Crippen molar-refractivity contribution in [2.45, 2.75) is 52.1 Å². The van der Waals surface area contributed by atoms with Crippen LogP contribution in [0.3, 0.4) is 0 Å². The predicted molar refractivity (Wildman–Crippen MR) is 119 cm³/mol. The maximum absolute atomic E-state index is 13.0. The Kier molecular flexibility index (Phi) is 8.05. The van der Waals surface area contributed by atoms with Crippen molar-refractivity contribution in [1.82, 2.24) is 15.2 Å². The zero-order valence-corrected chi connectivity index (χ0v) is 17.8. The average Bonchev–Trinajstić information content (AvgIpc) is 3.06. The monoisotopic (exact) mass is 394 g/mol. The smallest absolute Gasteiger partial charge is 0.242 e. The van der Waals surface area contributed by atoms with E-state index in [1.54, 1.807) is 0 Å². The minimum atomic E-state index is -0.268. The molecule has 1 aliphatic rings. The molecule has 0 radical (unpaired) electrons. The van der Waals surface area contributed by atoms with Gasteiger partial charge in [0.25, 0.3) is 0 Å². The molecule has 156 valence electrons. The van der Waals surface area contributed by atoms with Gasteiger partial charge in [0.2, 0.25) is 5.91 Å². The lowest BCUT2D eigenvalue weighted by molar-refractivity contribution is -0.126. The van der Waals surface area contributed by atoms with Crippen LogP contribution in [0.1, 0.15) is 56.7 Å². The van der Waals surface area contributed by atoms with E-state index in [9.17, 15) is 4.79 Å². The first-order chi connectivity index (χ1) is 14.2. The molecule has 1 aliphatic heterocycles. The molecule has 1 fully saturated rings. The van der Waals surface area contributed by atoms with Gasteiger partial charge in [0.15, 0.2) is 0 Å². The van der Waals surface area contributed by atoms with Gasteiger partial charge in [-0.3, -0.25) is 9.69 Å². The maximum atomic E-state index is 13.0. The highest BCUT2D eigenvalue weighted by Crippen LogP contribution is 2.21. The lowest BCUT2D eigenvalue weighted by Crippen LogP contribution is -2.40. The summed E-state index contributed by atoms with van der Waals surface area (Å²) in [7, 11) is 0. The van der Waals surface area contributed by atoms with Gasteiger partial charge in [0.05, 0.1) is 0 Å². The Labute approximate surface area is 175 Å². The summed E-state index contributed by atoms with van der Waals surface area (Å²) < 4.78 is 0. The molecule has 0 aliphatic carbocycles. The summed E-state index contributed by atoms with van der Waals surface area (Å²) in [5.74, 6) is 1.09. The van der Waals surface area contributed by atoms with Crippen LogP contribution in [0, 0.1) is 0 Å². The number of aromatic nitrogens is 1. The molecule has 2 heterocycles. The molecule has 1 N–H and O–H groups in total. The highest BCUT2D eigenvalue weighted by atomic mass is 16.2. The number of nitrogens with one attached hydrogen (secondary N) is 1. The number of pyridine rings is 1. The SMILES string of the molecule is CCN(CC)C(C(=O)NCc1ccc(N2CCCCCC2)nc1)c1ccccc1. The topological polar surface area (TPSA) is 48.5 Å². The molecule has 1 saturated heterocycles. The number of amides is 1. The zero-order chi connectivity index (χ0) is 20.5. The second-order valence-electron chi connectivity index (χ2n) is 7.68. The van der Waals surface area contributed by atoms with Crippen LogP contribution in [0.2, 0.25) is 0 Å². The molecule has 5 nitrogen and oxygen atoms in total. The fourth-order valence-electron chi connectivity index (χ4n) is 4.05. The zero-order valence-electron chi connectivity index (χ0n) is 17.8. The molecule has 1 amide bonds. The van der Waals surface area contributed by atoms with Crippen LogP contribution in [-0.4, -0.2) is 42.0 Å². The number of nitrogens with zero attached hydrogens (tertiary/aromatic N) is 3. The van der Waals surface area contributed by atoms with E-state index in [2.05, 4.69) is 46.1 Å². The Hall–Kier alpha value is -2.40. The van der Waals surface area contributed by atoms with Gasteiger partial charge in [-0.05, 0) is 43.1 Å². The number of likely N-dealkylation sites (N-methyl/N-ethyl adjacent to an activating group) is 1. The van der Waals surface area contributed by atoms with Crippen LogP contribution < -0.4 is 10.2 Å². The number of anilines is 1. The van der Waals surface area contributed by atoms with Gasteiger partial charge in [-0.2, -0.15) is 0 Å². The molecule has 3 rings (SSSR count). The van der Waals surface area contributed by atoms with Gasteiger partial charge in [-0.25, -0.2) is 4.98 Å². The standard InChI is InChI=1S/C24H34N4O/c1-3-27(4-2)23(21-12-8-7-9-13-21)24(29)26-19-20-14-15-22(25-18-20)28-16-10-5-6-11-17-28/h7-9,12-15,18,23H,3-6,10-11,16-17,19H2,1-2H3,(H,26,29). The van der Waals surface area contributed by atoms with Crippen LogP contribution in [0.15, 0.2) is 48.7 Å². The van der Waals surface area contributed by atoms with Crippen molar-refractivity contribution >= 4 is 11.7 Å². The van der Waals surface area contributed by atoms with Crippen LogP contribution in [0.4, 0.5) is 5.82 Å². The van der Waals surface area contributed by atoms with E-state index in [0.717, 1.165) is 43.1 Å². The number of hydrogen-bond donors (Lipinski definition) is 1. The van der Waals surface area contributed by atoms with Gasteiger partial charge in [-0.1, -0.05) is 63.1 Å². The number of carbonyl (C=O) groups is 1. The van der Waals surface area contributed by atoms with Crippen molar-refractivity contribution in [3.05, 3.63) is 59.8 Å². The Bertz CT molecular complexity index is 735. The number of rotatable bonds is 8. The molecule has 1 atom stereocenters. The Morgan fingerprint density at radius 2 is 1.72 bits per heavy atom. The fourth-order valence-corrected chi connectivity index (χ4v) is 4.05. The maximum Gasteiger partial charge on any atom is 0.242 e. The summed E-state index contributed by atoms with van der Waals surface area (Å²) in [5.41, 5.74) is 2.06. The quantitative estimate of drug-likeness (QED) is 0.730.